The van der Waals surface area contributed by atoms with Crippen LogP contribution in [0.5, 0.6) is 0 Å². The van der Waals surface area contributed by atoms with Gasteiger partial charge in [-0.3, -0.25) is 0 Å². The van der Waals surface area contributed by atoms with Gasteiger partial charge >= 0.3 is 0 Å². The first kappa shape index (κ1) is 18.0. The molecule has 2 aliphatic rings. The average molecular weight is 335 g/mol. The van der Waals surface area contributed by atoms with E-state index >= 15 is 0 Å². The first-order valence-corrected chi connectivity index (χ1v) is 9.70. The van der Waals surface area contributed by atoms with E-state index in [9.17, 15) is 5.11 Å². The van der Waals surface area contributed by atoms with E-state index in [2.05, 4.69) is 6.07 Å². The standard InChI is InChI=1S/C20H33NO3/c21-13-18(22)15-24-19-5-10-20(11-6-19)8-3-16(4-9-20)1-2-17-7-12-23-14-17/h7,12,14,16,18-19,22H,1-6,8-11,13,15,21H2. The zero-order valence-electron chi connectivity index (χ0n) is 14.8. The molecule has 136 valence electrons. The smallest absolute Gasteiger partial charge is 0.0934 e. The molecule has 24 heavy (non-hydrogen) atoms. The molecule has 2 aliphatic carbocycles. The number of aliphatic hydroxyl groups is 1. The lowest BCUT2D eigenvalue weighted by Gasteiger charge is -2.45. The molecule has 1 aromatic heterocycles. The van der Waals surface area contributed by atoms with E-state index in [4.69, 9.17) is 14.9 Å². The second kappa shape index (κ2) is 8.50. The Morgan fingerprint density at radius 1 is 1.21 bits per heavy atom. The van der Waals surface area contributed by atoms with Crippen molar-refractivity contribution in [3.8, 4) is 0 Å². The molecule has 4 nitrogen and oxygen atoms in total. The molecule has 3 N–H and O–H groups in total. The Kier molecular flexibility index (Phi) is 6.37. The van der Waals surface area contributed by atoms with Gasteiger partial charge in [0.2, 0.25) is 0 Å². The Morgan fingerprint density at radius 3 is 2.54 bits per heavy atom. The van der Waals surface area contributed by atoms with Crippen LogP contribution in [0, 0.1) is 11.3 Å². The number of aliphatic hydroxyl groups excluding tert-OH is 1. The van der Waals surface area contributed by atoms with Crippen LogP contribution in [0.2, 0.25) is 0 Å². The minimum absolute atomic E-state index is 0.289. The molecule has 0 bridgehead atoms. The Hall–Kier alpha value is -0.840. The van der Waals surface area contributed by atoms with Crippen LogP contribution in [0.1, 0.15) is 63.4 Å². The normalized spacial score (nSPS) is 32.1. The van der Waals surface area contributed by atoms with Crippen LogP contribution < -0.4 is 5.73 Å². The molecule has 1 atom stereocenters. The van der Waals surface area contributed by atoms with Crippen LogP contribution in [-0.2, 0) is 11.2 Å². The first-order valence-electron chi connectivity index (χ1n) is 9.70. The minimum atomic E-state index is -0.508. The molecule has 1 spiro atoms. The second-order valence-electron chi connectivity index (χ2n) is 8.04. The fraction of sp³-hybridized carbons (Fsp3) is 0.800. The predicted octanol–water partition coefficient (Wildman–Crippen LogP) is 3.67. The summed E-state index contributed by atoms with van der Waals surface area (Å²) in [5, 5.41) is 9.52. The van der Waals surface area contributed by atoms with Gasteiger partial charge in [-0.2, -0.15) is 0 Å². The summed E-state index contributed by atoms with van der Waals surface area (Å²) in [5.41, 5.74) is 7.35. The molecule has 1 unspecified atom stereocenters. The molecule has 0 saturated heterocycles. The maximum absolute atomic E-state index is 9.52. The molecule has 2 saturated carbocycles. The summed E-state index contributed by atoms with van der Waals surface area (Å²) < 4.78 is 11.0. The van der Waals surface area contributed by atoms with Crippen molar-refractivity contribution >= 4 is 0 Å². The molecule has 0 aliphatic heterocycles. The van der Waals surface area contributed by atoms with Gasteiger partial charge in [0.15, 0.2) is 0 Å². The average Bonchev–Trinajstić information content (AvgIpc) is 3.14. The van der Waals surface area contributed by atoms with E-state index in [0.29, 0.717) is 18.1 Å². The lowest BCUT2D eigenvalue weighted by molar-refractivity contribution is -0.0475. The zero-order valence-corrected chi connectivity index (χ0v) is 14.8. The van der Waals surface area contributed by atoms with Crippen LogP contribution >= 0.6 is 0 Å². The Balaban J connectivity index is 1.35. The number of ether oxygens (including phenoxy) is 1. The fourth-order valence-electron chi connectivity index (χ4n) is 4.57. The van der Waals surface area contributed by atoms with Crippen LogP contribution in [0.4, 0.5) is 0 Å². The summed E-state index contributed by atoms with van der Waals surface area (Å²) in [6.07, 6.45) is 16.4. The highest BCUT2D eigenvalue weighted by Gasteiger charge is 2.38. The van der Waals surface area contributed by atoms with Crippen LogP contribution in [0.3, 0.4) is 0 Å². The van der Waals surface area contributed by atoms with E-state index in [1.165, 1.54) is 50.5 Å². The van der Waals surface area contributed by atoms with Crippen molar-refractivity contribution in [3.63, 3.8) is 0 Å². The lowest BCUT2D eigenvalue weighted by atomic mass is 9.62. The highest BCUT2D eigenvalue weighted by atomic mass is 16.5. The van der Waals surface area contributed by atoms with Gasteiger partial charge in [0.1, 0.15) is 0 Å². The third-order valence-electron chi connectivity index (χ3n) is 6.38. The topological polar surface area (TPSA) is 68.6 Å². The quantitative estimate of drug-likeness (QED) is 0.798. The third-order valence-corrected chi connectivity index (χ3v) is 6.38. The largest absolute Gasteiger partial charge is 0.472 e. The Bertz CT molecular complexity index is 455. The Labute approximate surface area is 145 Å². The van der Waals surface area contributed by atoms with Gasteiger partial charge in [-0.1, -0.05) is 0 Å². The molecule has 0 aromatic carbocycles. The van der Waals surface area contributed by atoms with E-state index in [1.54, 1.807) is 6.26 Å². The van der Waals surface area contributed by atoms with Crippen molar-refractivity contribution in [3.05, 3.63) is 24.2 Å². The van der Waals surface area contributed by atoms with E-state index in [-0.39, 0.29) is 6.54 Å². The monoisotopic (exact) mass is 335 g/mol. The van der Waals surface area contributed by atoms with Crippen molar-refractivity contribution < 1.29 is 14.3 Å². The van der Waals surface area contributed by atoms with Crippen LogP contribution in [0.15, 0.2) is 23.0 Å². The second-order valence-corrected chi connectivity index (χ2v) is 8.04. The maximum Gasteiger partial charge on any atom is 0.0934 e. The summed E-state index contributed by atoms with van der Waals surface area (Å²) in [6.45, 7) is 0.682. The predicted molar refractivity (Wildman–Crippen MR) is 94.7 cm³/mol. The molecule has 2 fully saturated rings. The summed E-state index contributed by atoms with van der Waals surface area (Å²) in [4.78, 5) is 0. The molecule has 0 radical (unpaired) electrons. The lowest BCUT2D eigenvalue weighted by Crippen LogP contribution is -2.36. The van der Waals surface area contributed by atoms with E-state index in [0.717, 1.165) is 25.2 Å². The van der Waals surface area contributed by atoms with Gasteiger partial charge in [0, 0.05) is 6.54 Å². The number of nitrogens with two attached hydrogens (primary N) is 1. The number of aryl methyl sites for hydroxylation is 1. The summed E-state index contributed by atoms with van der Waals surface area (Å²) in [5.74, 6) is 0.888. The highest BCUT2D eigenvalue weighted by Crippen LogP contribution is 2.49. The van der Waals surface area contributed by atoms with Gasteiger partial charge in [-0.25, -0.2) is 0 Å². The maximum atomic E-state index is 9.52. The SMILES string of the molecule is NCC(O)COC1CCC2(CCC(CCc3ccoc3)CC2)CC1. The minimum Gasteiger partial charge on any atom is -0.472 e. The van der Waals surface area contributed by atoms with Gasteiger partial charge in [-0.15, -0.1) is 0 Å². The van der Waals surface area contributed by atoms with E-state index < -0.39 is 6.10 Å². The van der Waals surface area contributed by atoms with Crippen molar-refractivity contribution in [2.75, 3.05) is 13.2 Å². The molecule has 1 aromatic rings. The van der Waals surface area contributed by atoms with Gasteiger partial charge < -0.3 is 20.0 Å². The Morgan fingerprint density at radius 2 is 1.92 bits per heavy atom. The number of hydrogen-bond acceptors (Lipinski definition) is 4. The van der Waals surface area contributed by atoms with Crippen molar-refractivity contribution in [1.29, 1.82) is 0 Å². The van der Waals surface area contributed by atoms with Crippen molar-refractivity contribution in [1.82, 2.24) is 0 Å². The molecule has 0 amide bonds. The number of hydrogen-bond donors (Lipinski definition) is 2. The molecule has 3 rings (SSSR count). The zero-order chi connectivity index (χ0) is 16.8. The molecular weight excluding hydrogens is 302 g/mol. The van der Waals surface area contributed by atoms with Crippen LogP contribution in [-0.4, -0.2) is 30.5 Å². The molecule has 4 heteroatoms. The first-order chi connectivity index (χ1) is 11.7. The van der Waals surface area contributed by atoms with Gasteiger partial charge in [0.25, 0.3) is 0 Å². The summed E-state index contributed by atoms with van der Waals surface area (Å²) in [7, 11) is 0. The van der Waals surface area contributed by atoms with Gasteiger partial charge in [0.05, 0.1) is 31.3 Å². The van der Waals surface area contributed by atoms with Gasteiger partial charge in [-0.05, 0) is 87.2 Å². The number of furan rings is 1. The summed E-state index contributed by atoms with van der Waals surface area (Å²) >= 11 is 0. The number of rotatable bonds is 7. The third kappa shape index (κ3) is 4.84. The molecular formula is C20H33NO3. The van der Waals surface area contributed by atoms with Crippen LogP contribution in [0.25, 0.3) is 0 Å². The fourth-order valence-corrected chi connectivity index (χ4v) is 4.57. The summed E-state index contributed by atoms with van der Waals surface area (Å²) in [6, 6.07) is 2.09. The van der Waals surface area contributed by atoms with Crippen molar-refractivity contribution in [2.45, 2.75) is 76.4 Å². The van der Waals surface area contributed by atoms with E-state index in [1.807, 2.05) is 6.26 Å². The van der Waals surface area contributed by atoms with Crippen molar-refractivity contribution in [2.24, 2.45) is 17.1 Å². The highest BCUT2D eigenvalue weighted by molar-refractivity contribution is 5.05. The molecule has 1 heterocycles.